The highest BCUT2D eigenvalue weighted by Crippen LogP contribution is 2.36. The monoisotopic (exact) mass is 347 g/mol. The summed E-state index contributed by atoms with van der Waals surface area (Å²) in [6, 6.07) is 7.35. The Hall–Kier alpha value is -2.64. The van der Waals surface area contributed by atoms with Gasteiger partial charge >= 0.3 is 6.18 Å². The van der Waals surface area contributed by atoms with Crippen molar-refractivity contribution in [3.05, 3.63) is 59.2 Å². The molecule has 0 atom stereocenters. The fourth-order valence-electron chi connectivity index (χ4n) is 3.29. The first-order valence-electron chi connectivity index (χ1n) is 8.14. The van der Waals surface area contributed by atoms with Crippen molar-refractivity contribution in [3.8, 4) is 5.69 Å². The van der Waals surface area contributed by atoms with Crippen LogP contribution in [0.25, 0.3) is 5.69 Å². The number of rotatable bonds is 3. The van der Waals surface area contributed by atoms with E-state index in [1.165, 1.54) is 4.68 Å². The molecule has 0 aliphatic heterocycles. The molecule has 1 aromatic carbocycles. The highest BCUT2D eigenvalue weighted by molar-refractivity contribution is 5.41. The molecule has 5 nitrogen and oxygen atoms in total. The van der Waals surface area contributed by atoms with Crippen molar-refractivity contribution < 1.29 is 13.2 Å². The Labute approximate surface area is 142 Å². The Kier molecular flexibility index (Phi) is 3.82. The molecule has 1 aliphatic carbocycles. The maximum atomic E-state index is 13.3. The minimum absolute atomic E-state index is 0.352. The summed E-state index contributed by atoms with van der Waals surface area (Å²) >= 11 is 0. The summed E-state index contributed by atoms with van der Waals surface area (Å²) < 4.78 is 43.0. The average Bonchev–Trinajstić information content (AvgIpc) is 3.22. The largest absolute Gasteiger partial charge is 0.435 e. The average molecular weight is 347 g/mol. The highest BCUT2D eigenvalue weighted by atomic mass is 19.4. The fraction of sp³-hybridized carbons (Fsp3) is 0.353. The quantitative estimate of drug-likeness (QED) is 0.729. The third-order valence-electron chi connectivity index (χ3n) is 4.45. The number of hydrogen-bond acceptors (Lipinski definition) is 3. The van der Waals surface area contributed by atoms with Crippen LogP contribution < -0.4 is 0 Å². The molecule has 0 radical (unpaired) electrons. The van der Waals surface area contributed by atoms with Crippen LogP contribution in [0, 0.1) is 0 Å². The Bertz CT molecular complexity index is 863. The third kappa shape index (κ3) is 3.04. The zero-order valence-electron chi connectivity index (χ0n) is 13.4. The van der Waals surface area contributed by atoms with Crippen LogP contribution in [0.4, 0.5) is 13.2 Å². The molecular weight excluding hydrogens is 331 g/mol. The molecule has 0 spiro atoms. The summed E-state index contributed by atoms with van der Waals surface area (Å²) in [7, 11) is 0. The standard InChI is InChI=1S/C17H16F3N5/c18-17(19,20)16-14-3-1-2-4-15(14)25(22-16)13-7-5-12(6-8-13)11-24-10-9-21-23-24/h5-10H,1-4,11H2. The number of alkyl halides is 3. The van der Waals surface area contributed by atoms with Crippen molar-refractivity contribution in [1.29, 1.82) is 0 Å². The number of hydrogen-bond donors (Lipinski definition) is 0. The van der Waals surface area contributed by atoms with E-state index in [9.17, 15) is 13.2 Å². The second kappa shape index (κ2) is 6.02. The van der Waals surface area contributed by atoms with E-state index in [0.717, 1.165) is 18.4 Å². The smallest absolute Gasteiger partial charge is 0.248 e. The number of fused-ring (bicyclic) bond motifs is 1. The zero-order valence-corrected chi connectivity index (χ0v) is 13.4. The van der Waals surface area contributed by atoms with E-state index in [1.807, 2.05) is 12.1 Å². The molecule has 8 heteroatoms. The molecule has 130 valence electrons. The van der Waals surface area contributed by atoms with Gasteiger partial charge in [0.25, 0.3) is 0 Å². The van der Waals surface area contributed by atoms with Gasteiger partial charge in [-0.2, -0.15) is 18.3 Å². The van der Waals surface area contributed by atoms with Crippen LogP contribution in [0.15, 0.2) is 36.7 Å². The molecule has 0 N–H and O–H groups in total. The second-order valence-electron chi connectivity index (χ2n) is 6.16. The van der Waals surface area contributed by atoms with Crippen molar-refractivity contribution in [2.24, 2.45) is 0 Å². The van der Waals surface area contributed by atoms with Crippen molar-refractivity contribution in [3.63, 3.8) is 0 Å². The summed E-state index contributed by atoms with van der Waals surface area (Å²) in [6.07, 6.45) is 1.67. The van der Waals surface area contributed by atoms with E-state index >= 15 is 0 Å². The van der Waals surface area contributed by atoms with E-state index in [-0.39, 0.29) is 0 Å². The SMILES string of the molecule is FC(F)(F)c1nn(-c2ccc(Cn3ccnn3)cc2)c2c1CCCC2. The van der Waals surface area contributed by atoms with Crippen LogP contribution in [0.1, 0.15) is 35.4 Å². The summed E-state index contributed by atoms with van der Waals surface area (Å²) in [4.78, 5) is 0. The molecule has 2 heterocycles. The number of nitrogens with zero attached hydrogens (tertiary/aromatic N) is 5. The molecule has 2 aromatic heterocycles. The van der Waals surface area contributed by atoms with Crippen LogP contribution in [0.5, 0.6) is 0 Å². The van der Waals surface area contributed by atoms with Gasteiger partial charge < -0.3 is 0 Å². The summed E-state index contributed by atoms with van der Waals surface area (Å²) in [5.74, 6) is 0. The normalized spacial score (nSPS) is 14.5. The Morgan fingerprint density at radius 1 is 1.04 bits per heavy atom. The van der Waals surface area contributed by atoms with Gasteiger partial charge in [0.1, 0.15) is 0 Å². The Morgan fingerprint density at radius 3 is 2.48 bits per heavy atom. The molecule has 0 fully saturated rings. The first-order chi connectivity index (χ1) is 12.0. The van der Waals surface area contributed by atoms with Gasteiger partial charge in [0.05, 0.1) is 18.4 Å². The molecule has 0 bridgehead atoms. The zero-order chi connectivity index (χ0) is 17.4. The van der Waals surface area contributed by atoms with Gasteiger partial charge in [-0.05, 0) is 43.4 Å². The van der Waals surface area contributed by atoms with E-state index in [4.69, 9.17) is 0 Å². The van der Waals surface area contributed by atoms with E-state index in [1.54, 1.807) is 29.2 Å². The molecule has 4 rings (SSSR count). The molecule has 3 aromatic rings. The predicted octanol–water partition coefficient (Wildman–Crippen LogP) is 3.41. The predicted molar refractivity (Wildman–Crippen MR) is 84.3 cm³/mol. The lowest BCUT2D eigenvalue weighted by atomic mass is 9.95. The summed E-state index contributed by atoms with van der Waals surface area (Å²) in [5.41, 5.74) is 1.93. The van der Waals surface area contributed by atoms with Gasteiger partial charge in [0, 0.05) is 17.5 Å². The van der Waals surface area contributed by atoms with Crippen LogP contribution in [0.2, 0.25) is 0 Å². The van der Waals surface area contributed by atoms with Crippen LogP contribution in [0.3, 0.4) is 0 Å². The van der Waals surface area contributed by atoms with Crippen LogP contribution in [-0.4, -0.2) is 24.8 Å². The van der Waals surface area contributed by atoms with Gasteiger partial charge in [-0.15, -0.1) is 5.10 Å². The van der Waals surface area contributed by atoms with Gasteiger partial charge in [-0.3, -0.25) is 0 Å². The minimum atomic E-state index is -4.42. The molecule has 1 aliphatic rings. The molecule has 0 unspecified atom stereocenters. The first-order valence-corrected chi connectivity index (χ1v) is 8.14. The van der Waals surface area contributed by atoms with Crippen molar-refractivity contribution in [2.45, 2.75) is 38.4 Å². The number of benzene rings is 1. The van der Waals surface area contributed by atoms with E-state index in [2.05, 4.69) is 15.4 Å². The van der Waals surface area contributed by atoms with E-state index in [0.29, 0.717) is 36.3 Å². The summed E-state index contributed by atoms with van der Waals surface area (Å²) in [5, 5.41) is 11.6. The Balaban J connectivity index is 1.68. The van der Waals surface area contributed by atoms with Gasteiger partial charge in [0.15, 0.2) is 5.69 Å². The number of halogens is 3. The molecule has 25 heavy (non-hydrogen) atoms. The molecule has 0 saturated carbocycles. The Morgan fingerprint density at radius 2 is 1.80 bits per heavy atom. The van der Waals surface area contributed by atoms with Gasteiger partial charge in [-0.25, -0.2) is 9.36 Å². The van der Waals surface area contributed by atoms with Gasteiger partial charge in [-0.1, -0.05) is 17.3 Å². The second-order valence-corrected chi connectivity index (χ2v) is 6.16. The lowest BCUT2D eigenvalue weighted by molar-refractivity contribution is -0.142. The highest BCUT2D eigenvalue weighted by Gasteiger charge is 2.39. The molecule has 0 amide bonds. The van der Waals surface area contributed by atoms with Gasteiger partial charge in [0.2, 0.25) is 0 Å². The summed E-state index contributed by atoms with van der Waals surface area (Å²) in [6.45, 7) is 0.561. The van der Waals surface area contributed by atoms with Crippen molar-refractivity contribution >= 4 is 0 Å². The van der Waals surface area contributed by atoms with Crippen molar-refractivity contribution in [2.75, 3.05) is 0 Å². The molecular formula is C17H16F3N5. The van der Waals surface area contributed by atoms with Crippen LogP contribution >= 0.6 is 0 Å². The number of aromatic nitrogens is 5. The lowest BCUT2D eigenvalue weighted by Crippen LogP contribution is -2.11. The first kappa shape index (κ1) is 15.9. The minimum Gasteiger partial charge on any atom is -0.248 e. The van der Waals surface area contributed by atoms with Crippen molar-refractivity contribution in [1.82, 2.24) is 24.8 Å². The topological polar surface area (TPSA) is 48.5 Å². The van der Waals surface area contributed by atoms with E-state index < -0.39 is 11.9 Å². The fourth-order valence-corrected chi connectivity index (χ4v) is 3.29. The van der Waals surface area contributed by atoms with Crippen LogP contribution in [-0.2, 0) is 25.6 Å². The maximum absolute atomic E-state index is 13.3. The maximum Gasteiger partial charge on any atom is 0.435 e. The lowest BCUT2D eigenvalue weighted by Gasteiger charge is -2.15. The third-order valence-corrected chi connectivity index (χ3v) is 4.45. The molecule has 0 saturated heterocycles.